The van der Waals surface area contributed by atoms with Crippen molar-refractivity contribution >= 4 is 27.8 Å². The first kappa shape index (κ1) is 16.0. The molecule has 1 aliphatic rings. The van der Waals surface area contributed by atoms with Crippen molar-refractivity contribution < 1.29 is 14.7 Å². The van der Waals surface area contributed by atoms with E-state index in [1.54, 1.807) is 6.92 Å². The average Bonchev–Trinajstić information content (AvgIpc) is 3.25. The Morgan fingerprint density at radius 2 is 1.95 bits per heavy atom. The van der Waals surface area contributed by atoms with Crippen LogP contribution in [0.4, 0.5) is 0 Å². The number of carbonyl (C=O) groups excluding carboxylic acids is 1. The second-order valence-corrected chi connectivity index (χ2v) is 6.64. The molecule has 1 aromatic rings. The SMILES string of the molecule is CC(CCCNC(=O)C1(c2ccc(Br)cc2)CC1)C(=O)O. The highest BCUT2D eigenvalue weighted by Crippen LogP contribution is 2.48. The first-order chi connectivity index (χ1) is 9.95. The van der Waals surface area contributed by atoms with Crippen molar-refractivity contribution in [3.63, 3.8) is 0 Å². The van der Waals surface area contributed by atoms with Gasteiger partial charge in [-0.2, -0.15) is 0 Å². The zero-order valence-electron chi connectivity index (χ0n) is 12.1. The van der Waals surface area contributed by atoms with E-state index in [1.165, 1.54) is 0 Å². The number of carboxylic acid groups (broad SMARTS) is 1. The number of halogens is 1. The Bertz CT molecular complexity index is 523. The Balaban J connectivity index is 1.83. The lowest BCUT2D eigenvalue weighted by Crippen LogP contribution is -2.35. The third-order valence-electron chi connectivity index (χ3n) is 4.10. The lowest BCUT2D eigenvalue weighted by Gasteiger charge is -2.16. The summed E-state index contributed by atoms with van der Waals surface area (Å²) in [7, 11) is 0. The molecule has 1 aliphatic carbocycles. The highest BCUT2D eigenvalue weighted by atomic mass is 79.9. The number of amides is 1. The average molecular weight is 354 g/mol. The summed E-state index contributed by atoms with van der Waals surface area (Å²) in [4.78, 5) is 23.1. The second kappa shape index (κ2) is 6.60. The van der Waals surface area contributed by atoms with Crippen LogP contribution in [0.15, 0.2) is 28.7 Å². The first-order valence-electron chi connectivity index (χ1n) is 7.23. The molecule has 5 heteroatoms. The van der Waals surface area contributed by atoms with Gasteiger partial charge in [0.15, 0.2) is 0 Å². The van der Waals surface area contributed by atoms with Crippen LogP contribution in [-0.2, 0) is 15.0 Å². The van der Waals surface area contributed by atoms with Gasteiger partial charge in [-0.05, 0) is 43.4 Å². The minimum Gasteiger partial charge on any atom is -0.481 e. The molecule has 0 radical (unpaired) electrons. The van der Waals surface area contributed by atoms with Crippen molar-refractivity contribution in [2.24, 2.45) is 5.92 Å². The van der Waals surface area contributed by atoms with Gasteiger partial charge < -0.3 is 10.4 Å². The van der Waals surface area contributed by atoms with E-state index in [4.69, 9.17) is 5.11 Å². The summed E-state index contributed by atoms with van der Waals surface area (Å²) in [5, 5.41) is 11.8. The van der Waals surface area contributed by atoms with Gasteiger partial charge >= 0.3 is 5.97 Å². The molecule has 1 unspecified atom stereocenters. The number of nitrogens with one attached hydrogen (secondary N) is 1. The van der Waals surface area contributed by atoms with Gasteiger partial charge in [-0.15, -0.1) is 0 Å². The van der Waals surface area contributed by atoms with Gasteiger partial charge in [-0.1, -0.05) is 35.0 Å². The summed E-state index contributed by atoms with van der Waals surface area (Å²) in [6.07, 6.45) is 3.04. The van der Waals surface area contributed by atoms with Gasteiger partial charge in [-0.25, -0.2) is 0 Å². The molecule has 1 fully saturated rings. The van der Waals surface area contributed by atoms with E-state index in [-0.39, 0.29) is 17.2 Å². The summed E-state index contributed by atoms with van der Waals surface area (Å²) in [5.74, 6) is -1.08. The number of benzene rings is 1. The van der Waals surface area contributed by atoms with Crippen LogP contribution in [0.1, 0.15) is 38.2 Å². The van der Waals surface area contributed by atoms with E-state index in [0.29, 0.717) is 19.4 Å². The first-order valence-corrected chi connectivity index (χ1v) is 8.02. The van der Waals surface area contributed by atoms with Crippen LogP contribution < -0.4 is 5.32 Å². The van der Waals surface area contributed by atoms with Crippen LogP contribution in [0, 0.1) is 5.92 Å². The van der Waals surface area contributed by atoms with E-state index < -0.39 is 5.97 Å². The molecule has 114 valence electrons. The number of aliphatic carboxylic acids is 1. The predicted octanol–water partition coefficient (Wildman–Crippen LogP) is 3.10. The smallest absolute Gasteiger partial charge is 0.306 e. The Morgan fingerprint density at radius 1 is 1.33 bits per heavy atom. The van der Waals surface area contributed by atoms with E-state index >= 15 is 0 Å². The minimum absolute atomic E-state index is 0.0628. The van der Waals surface area contributed by atoms with Crippen LogP contribution >= 0.6 is 15.9 Å². The molecule has 1 amide bonds. The Hall–Kier alpha value is -1.36. The topological polar surface area (TPSA) is 66.4 Å². The van der Waals surface area contributed by atoms with Gasteiger partial charge in [0.05, 0.1) is 11.3 Å². The van der Waals surface area contributed by atoms with Crippen LogP contribution in [0.2, 0.25) is 0 Å². The molecular formula is C16H20BrNO3. The third-order valence-corrected chi connectivity index (χ3v) is 4.63. The number of hydrogen-bond donors (Lipinski definition) is 2. The standard InChI is InChI=1S/C16H20BrNO3/c1-11(14(19)20)3-2-10-18-15(21)16(8-9-16)12-4-6-13(17)7-5-12/h4-7,11H,2-3,8-10H2,1H3,(H,18,21)(H,19,20). The maximum absolute atomic E-state index is 12.4. The van der Waals surface area contributed by atoms with Gasteiger partial charge in [0.25, 0.3) is 0 Å². The summed E-state index contributed by atoms with van der Waals surface area (Å²) >= 11 is 3.40. The largest absolute Gasteiger partial charge is 0.481 e. The molecule has 4 nitrogen and oxygen atoms in total. The molecule has 1 saturated carbocycles. The van der Waals surface area contributed by atoms with Crippen LogP contribution in [0.5, 0.6) is 0 Å². The molecule has 1 atom stereocenters. The van der Waals surface area contributed by atoms with Gasteiger partial charge in [0.1, 0.15) is 0 Å². The number of hydrogen-bond acceptors (Lipinski definition) is 2. The molecule has 0 heterocycles. The fraction of sp³-hybridized carbons (Fsp3) is 0.500. The van der Waals surface area contributed by atoms with Crippen LogP contribution in [0.25, 0.3) is 0 Å². The molecular weight excluding hydrogens is 334 g/mol. The predicted molar refractivity (Wildman–Crippen MR) is 84.1 cm³/mol. The summed E-state index contributed by atoms with van der Waals surface area (Å²) in [5.41, 5.74) is 0.696. The van der Waals surface area contributed by atoms with Crippen molar-refractivity contribution in [2.45, 2.75) is 38.0 Å². The Morgan fingerprint density at radius 3 is 2.48 bits per heavy atom. The molecule has 21 heavy (non-hydrogen) atoms. The number of carbonyl (C=O) groups is 2. The monoisotopic (exact) mass is 353 g/mol. The van der Waals surface area contributed by atoms with Crippen molar-refractivity contribution in [1.82, 2.24) is 5.32 Å². The summed E-state index contributed by atoms with van der Waals surface area (Å²) < 4.78 is 1.00. The zero-order chi connectivity index (χ0) is 15.5. The van der Waals surface area contributed by atoms with E-state index in [2.05, 4.69) is 21.2 Å². The highest BCUT2D eigenvalue weighted by Gasteiger charge is 2.50. The number of rotatable bonds is 7. The summed E-state index contributed by atoms with van der Waals surface area (Å²) in [6.45, 7) is 2.23. The summed E-state index contributed by atoms with van der Waals surface area (Å²) in [6, 6.07) is 7.89. The second-order valence-electron chi connectivity index (χ2n) is 5.73. The third kappa shape index (κ3) is 3.84. The highest BCUT2D eigenvalue weighted by molar-refractivity contribution is 9.10. The molecule has 0 saturated heterocycles. The normalized spacial score (nSPS) is 17.0. The van der Waals surface area contributed by atoms with Crippen LogP contribution in [0.3, 0.4) is 0 Å². The number of carboxylic acids is 1. The zero-order valence-corrected chi connectivity index (χ0v) is 13.6. The van der Waals surface area contributed by atoms with E-state index in [9.17, 15) is 9.59 Å². The minimum atomic E-state index is -0.783. The molecule has 2 N–H and O–H groups in total. The van der Waals surface area contributed by atoms with E-state index in [1.807, 2.05) is 24.3 Å². The van der Waals surface area contributed by atoms with Gasteiger partial charge in [0, 0.05) is 11.0 Å². The Kier molecular flexibility index (Phi) is 5.04. The van der Waals surface area contributed by atoms with Gasteiger partial charge in [0.2, 0.25) is 5.91 Å². The fourth-order valence-electron chi connectivity index (χ4n) is 2.44. The van der Waals surface area contributed by atoms with Crippen LogP contribution in [-0.4, -0.2) is 23.5 Å². The van der Waals surface area contributed by atoms with Crippen molar-refractivity contribution in [3.05, 3.63) is 34.3 Å². The quantitative estimate of drug-likeness (QED) is 0.740. The van der Waals surface area contributed by atoms with Crippen molar-refractivity contribution in [1.29, 1.82) is 0 Å². The molecule has 0 aliphatic heterocycles. The molecule has 2 rings (SSSR count). The molecule has 0 spiro atoms. The maximum Gasteiger partial charge on any atom is 0.306 e. The van der Waals surface area contributed by atoms with Gasteiger partial charge in [-0.3, -0.25) is 9.59 Å². The lowest BCUT2D eigenvalue weighted by molar-refractivity contribution is -0.141. The Labute approximate surface area is 133 Å². The fourth-order valence-corrected chi connectivity index (χ4v) is 2.71. The molecule has 0 bridgehead atoms. The van der Waals surface area contributed by atoms with Crippen molar-refractivity contribution in [2.75, 3.05) is 6.54 Å². The molecule has 0 aromatic heterocycles. The van der Waals surface area contributed by atoms with Crippen molar-refractivity contribution in [3.8, 4) is 0 Å². The van der Waals surface area contributed by atoms with E-state index in [0.717, 1.165) is 22.9 Å². The lowest BCUT2D eigenvalue weighted by atomic mass is 9.95. The molecule has 1 aromatic carbocycles. The maximum atomic E-state index is 12.4.